The lowest BCUT2D eigenvalue weighted by atomic mass is 10.1. The molecular weight excluding hydrogens is 250 g/mol. The average molecular weight is 263 g/mol. The van der Waals surface area contributed by atoms with Crippen LogP contribution in [0.1, 0.15) is 29.3 Å². The highest BCUT2D eigenvalue weighted by atomic mass is 32.2. The molecule has 0 bridgehead atoms. The van der Waals surface area contributed by atoms with E-state index in [0.29, 0.717) is 17.7 Å². The van der Waals surface area contributed by atoms with E-state index >= 15 is 0 Å². The molecule has 0 saturated carbocycles. The number of carbonyl (C=O) groups excluding carboxylic acids is 1. The Kier molecular flexibility index (Phi) is 5.28. The molecule has 18 heavy (non-hydrogen) atoms. The summed E-state index contributed by atoms with van der Waals surface area (Å²) < 4.78 is 0. The number of hydrogen-bond acceptors (Lipinski definition) is 4. The first-order valence-electron chi connectivity index (χ1n) is 5.26. The van der Waals surface area contributed by atoms with Crippen molar-refractivity contribution < 1.29 is 14.7 Å². The van der Waals surface area contributed by atoms with E-state index in [2.05, 4.69) is 11.8 Å². The van der Waals surface area contributed by atoms with Crippen molar-refractivity contribution in [2.75, 3.05) is 11.5 Å². The van der Waals surface area contributed by atoms with E-state index in [4.69, 9.17) is 10.8 Å². The van der Waals surface area contributed by atoms with E-state index in [9.17, 15) is 9.59 Å². The minimum atomic E-state index is -1.09. The summed E-state index contributed by atoms with van der Waals surface area (Å²) in [6, 6.07) is 4.81. The van der Waals surface area contributed by atoms with Gasteiger partial charge < -0.3 is 10.8 Å². The van der Waals surface area contributed by atoms with E-state index in [1.165, 1.54) is 24.8 Å². The van der Waals surface area contributed by atoms with Gasteiger partial charge in [-0.15, -0.1) is 0 Å². The van der Waals surface area contributed by atoms with E-state index in [1.807, 2.05) is 0 Å². The number of carboxylic acid groups (broad SMARTS) is 1. The molecule has 0 unspecified atom stereocenters. The first-order chi connectivity index (χ1) is 8.52. The highest BCUT2D eigenvalue weighted by Gasteiger charge is 2.11. The molecule has 0 aliphatic carbocycles. The number of anilines is 1. The molecule has 0 radical (unpaired) electrons. The van der Waals surface area contributed by atoms with Gasteiger partial charge in [-0.2, -0.15) is 0 Å². The van der Waals surface area contributed by atoms with Crippen molar-refractivity contribution in [2.45, 2.75) is 13.3 Å². The third-order valence-corrected chi connectivity index (χ3v) is 2.88. The normalized spacial score (nSPS) is 9.39. The Balaban J connectivity index is 2.79. The van der Waals surface area contributed by atoms with Crippen LogP contribution in [-0.4, -0.2) is 21.9 Å². The molecule has 5 heteroatoms. The SMILES string of the molecule is CC(=O)SCCC#Cc1cccc(N)c1C(=O)O. The molecular formula is C13H13NO3S. The van der Waals surface area contributed by atoms with E-state index in [-0.39, 0.29) is 16.4 Å². The van der Waals surface area contributed by atoms with Gasteiger partial charge in [0.25, 0.3) is 0 Å². The molecule has 0 heterocycles. The zero-order chi connectivity index (χ0) is 13.5. The van der Waals surface area contributed by atoms with Gasteiger partial charge in [0.2, 0.25) is 0 Å². The summed E-state index contributed by atoms with van der Waals surface area (Å²) in [6.45, 7) is 1.50. The lowest BCUT2D eigenvalue weighted by Crippen LogP contribution is -2.05. The maximum atomic E-state index is 11.0. The van der Waals surface area contributed by atoms with Crippen molar-refractivity contribution in [3.63, 3.8) is 0 Å². The largest absolute Gasteiger partial charge is 0.478 e. The Labute approximate surface area is 110 Å². The average Bonchev–Trinajstić information content (AvgIpc) is 2.27. The van der Waals surface area contributed by atoms with Gasteiger partial charge in [-0.3, -0.25) is 4.79 Å². The maximum absolute atomic E-state index is 11.0. The molecule has 3 N–H and O–H groups in total. The zero-order valence-electron chi connectivity index (χ0n) is 9.90. The Morgan fingerprint density at radius 3 is 2.78 bits per heavy atom. The Hall–Kier alpha value is -1.93. The number of benzene rings is 1. The molecule has 1 aromatic rings. The monoisotopic (exact) mass is 263 g/mol. The Morgan fingerprint density at radius 2 is 2.17 bits per heavy atom. The topological polar surface area (TPSA) is 80.4 Å². The Morgan fingerprint density at radius 1 is 1.44 bits per heavy atom. The molecule has 0 aliphatic rings. The fraction of sp³-hybridized carbons (Fsp3) is 0.231. The molecule has 0 aromatic heterocycles. The quantitative estimate of drug-likeness (QED) is 0.495. The van der Waals surface area contributed by atoms with E-state index in [0.717, 1.165) is 0 Å². The lowest BCUT2D eigenvalue weighted by Gasteiger charge is -2.02. The number of aromatic carboxylic acids is 1. The number of carbonyl (C=O) groups is 2. The fourth-order valence-corrected chi connectivity index (χ4v) is 1.81. The van der Waals surface area contributed by atoms with Gasteiger partial charge >= 0.3 is 5.97 Å². The van der Waals surface area contributed by atoms with Crippen molar-refractivity contribution >= 4 is 28.5 Å². The molecule has 0 spiro atoms. The maximum Gasteiger partial charge on any atom is 0.339 e. The van der Waals surface area contributed by atoms with Crippen LogP contribution in [0.15, 0.2) is 18.2 Å². The summed E-state index contributed by atoms with van der Waals surface area (Å²) in [5, 5.41) is 9.07. The van der Waals surface area contributed by atoms with Gasteiger partial charge in [-0.25, -0.2) is 4.79 Å². The number of nitrogens with two attached hydrogens (primary N) is 1. The Bertz CT molecular complexity index is 529. The van der Waals surface area contributed by atoms with Crippen molar-refractivity contribution in [3.05, 3.63) is 29.3 Å². The van der Waals surface area contributed by atoms with Crippen LogP contribution < -0.4 is 5.73 Å². The minimum Gasteiger partial charge on any atom is -0.478 e. The smallest absolute Gasteiger partial charge is 0.339 e. The summed E-state index contributed by atoms with van der Waals surface area (Å²) in [6.07, 6.45) is 0.526. The minimum absolute atomic E-state index is 0.0317. The van der Waals surface area contributed by atoms with Gasteiger partial charge in [0, 0.05) is 30.3 Å². The van der Waals surface area contributed by atoms with Gasteiger partial charge in [0.15, 0.2) is 5.12 Å². The first-order valence-corrected chi connectivity index (χ1v) is 6.25. The number of hydrogen-bond donors (Lipinski definition) is 2. The predicted octanol–water partition coefficient (Wildman–Crippen LogP) is 1.99. The first kappa shape index (κ1) is 14.1. The van der Waals surface area contributed by atoms with Crippen LogP contribution >= 0.6 is 11.8 Å². The molecule has 0 fully saturated rings. The van der Waals surface area contributed by atoms with Crippen LogP contribution in [0.2, 0.25) is 0 Å². The van der Waals surface area contributed by atoms with Gasteiger partial charge in [-0.05, 0) is 12.1 Å². The molecule has 0 saturated heterocycles. The van der Waals surface area contributed by atoms with Gasteiger partial charge in [0.05, 0.1) is 5.56 Å². The third kappa shape index (κ3) is 4.15. The van der Waals surface area contributed by atoms with Crippen LogP contribution in [0.25, 0.3) is 0 Å². The molecule has 1 aromatic carbocycles. The summed E-state index contributed by atoms with van der Waals surface area (Å²) in [7, 11) is 0. The zero-order valence-corrected chi connectivity index (χ0v) is 10.7. The number of carboxylic acids is 1. The van der Waals surface area contributed by atoms with Crippen molar-refractivity contribution in [1.82, 2.24) is 0 Å². The van der Waals surface area contributed by atoms with Gasteiger partial charge in [0.1, 0.15) is 0 Å². The lowest BCUT2D eigenvalue weighted by molar-refractivity contribution is -0.109. The van der Waals surface area contributed by atoms with Crippen LogP contribution in [0.4, 0.5) is 5.69 Å². The standard InChI is InChI=1S/C13H13NO3S/c1-9(15)18-8-3-2-5-10-6-4-7-11(14)12(10)13(16)17/h4,6-7H,3,8,14H2,1H3,(H,16,17). The highest BCUT2D eigenvalue weighted by Crippen LogP contribution is 2.16. The second kappa shape index (κ2) is 6.72. The molecule has 94 valence electrons. The van der Waals surface area contributed by atoms with Crippen LogP contribution in [0, 0.1) is 11.8 Å². The van der Waals surface area contributed by atoms with Gasteiger partial charge in [-0.1, -0.05) is 29.7 Å². The van der Waals surface area contributed by atoms with E-state index in [1.54, 1.807) is 12.1 Å². The molecule has 4 nitrogen and oxygen atoms in total. The second-order valence-corrected chi connectivity index (χ2v) is 4.74. The summed E-state index contributed by atoms with van der Waals surface area (Å²) >= 11 is 1.20. The third-order valence-electron chi connectivity index (χ3n) is 2.07. The molecule has 1 rings (SSSR count). The second-order valence-electron chi connectivity index (χ2n) is 3.47. The number of thioether (sulfide) groups is 1. The summed E-state index contributed by atoms with van der Waals surface area (Å²) in [5.74, 6) is 5.13. The highest BCUT2D eigenvalue weighted by molar-refractivity contribution is 8.13. The van der Waals surface area contributed by atoms with Crippen LogP contribution in [-0.2, 0) is 4.79 Å². The number of rotatable bonds is 3. The molecule has 0 atom stereocenters. The van der Waals surface area contributed by atoms with Crippen molar-refractivity contribution in [3.8, 4) is 11.8 Å². The predicted molar refractivity (Wildman–Crippen MR) is 72.4 cm³/mol. The fourth-order valence-electron chi connectivity index (χ4n) is 1.32. The summed E-state index contributed by atoms with van der Waals surface area (Å²) in [5.41, 5.74) is 6.23. The molecule has 0 amide bonds. The molecule has 0 aliphatic heterocycles. The van der Waals surface area contributed by atoms with Crippen LogP contribution in [0.5, 0.6) is 0 Å². The van der Waals surface area contributed by atoms with E-state index < -0.39 is 5.97 Å². The number of nitrogen functional groups attached to an aromatic ring is 1. The van der Waals surface area contributed by atoms with Crippen molar-refractivity contribution in [1.29, 1.82) is 0 Å². The summed E-state index contributed by atoms with van der Waals surface area (Å²) in [4.78, 5) is 21.7. The van der Waals surface area contributed by atoms with Crippen molar-refractivity contribution in [2.24, 2.45) is 0 Å². The van der Waals surface area contributed by atoms with Crippen LogP contribution in [0.3, 0.4) is 0 Å².